The van der Waals surface area contributed by atoms with Gasteiger partial charge in [0.2, 0.25) is 5.91 Å². The van der Waals surface area contributed by atoms with Crippen molar-refractivity contribution in [1.29, 1.82) is 0 Å². The number of carbonyl (C=O) groups excluding carboxylic acids is 4. The van der Waals surface area contributed by atoms with E-state index in [1.54, 1.807) is 25.7 Å². The molecule has 1 N–H and O–H groups in total. The number of nitrogens with zero attached hydrogens (tertiary/aromatic N) is 2. The number of cyclic esters (lactones) is 1. The molecular formula is C27H35N3O8. The summed E-state index contributed by atoms with van der Waals surface area (Å²) in [6.45, 7) is 6.54. The van der Waals surface area contributed by atoms with Gasteiger partial charge in [-0.05, 0) is 23.5 Å². The van der Waals surface area contributed by atoms with Crippen LogP contribution < -0.4 is 10.1 Å². The smallest absolute Gasteiger partial charge is 0.410 e. The topological polar surface area (TPSA) is 124 Å². The minimum Gasteiger partial charge on any atom is -0.489 e. The number of esters is 1. The summed E-state index contributed by atoms with van der Waals surface area (Å²) in [6.07, 6.45) is 2.23. The molecule has 1 fully saturated rings. The molecule has 206 valence electrons. The molecule has 38 heavy (non-hydrogen) atoms. The summed E-state index contributed by atoms with van der Waals surface area (Å²) in [7, 11) is 1.24. The van der Waals surface area contributed by atoms with Crippen LogP contribution in [0.2, 0.25) is 0 Å². The Hall–Kier alpha value is -3.76. The quantitative estimate of drug-likeness (QED) is 0.335. The number of ether oxygens (including phenoxy) is 4. The first-order valence-electron chi connectivity index (χ1n) is 12.7. The lowest BCUT2D eigenvalue weighted by Crippen LogP contribution is -2.57. The van der Waals surface area contributed by atoms with E-state index < -0.39 is 47.7 Å². The summed E-state index contributed by atoms with van der Waals surface area (Å²) < 4.78 is 21.9. The summed E-state index contributed by atoms with van der Waals surface area (Å²) >= 11 is 0. The van der Waals surface area contributed by atoms with Gasteiger partial charge >= 0.3 is 18.2 Å². The zero-order valence-electron chi connectivity index (χ0n) is 22.2. The van der Waals surface area contributed by atoms with E-state index in [4.69, 9.17) is 18.9 Å². The molecule has 11 nitrogen and oxygen atoms in total. The molecule has 1 aromatic carbocycles. The standard InChI is InChI=1S/C27H35N3O8/c1-27(2,3)22-23(31)30-15-18(13-20(30)24(32)35-4)38-26(34)29-14-17-9-8-10-21(19(17)16-29)36-11-6-5-7-12-37-25(33)28-22/h5-6,8-10,18,20,22H,7,11-16H2,1-4H3,(H,28,33)/b6-5+/t18-,20?,22-/m1/s1. The van der Waals surface area contributed by atoms with Crippen LogP contribution in [0.15, 0.2) is 30.4 Å². The Morgan fingerprint density at radius 1 is 1.11 bits per heavy atom. The summed E-state index contributed by atoms with van der Waals surface area (Å²) in [5.74, 6) is -0.412. The zero-order valence-corrected chi connectivity index (χ0v) is 22.2. The van der Waals surface area contributed by atoms with Crippen LogP contribution in [0.3, 0.4) is 0 Å². The summed E-state index contributed by atoms with van der Waals surface area (Å²) in [6, 6.07) is 3.73. The maximum absolute atomic E-state index is 13.7. The third kappa shape index (κ3) is 6.03. The van der Waals surface area contributed by atoms with E-state index in [0.717, 1.165) is 11.1 Å². The van der Waals surface area contributed by atoms with Gasteiger partial charge in [-0.3, -0.25) is 9.69 Å². The van der Waals surface area contributed by atoms with Crippen molar-refractivity contribution in [1.82, 2.24) is 15.1 Å². The van der Waals surface area contributed by atoms with Gasteiger partial charge in [0.1, 0.15) is 30.5 Å². The third-order valence-electron chi connectivity index (χ3n) is 6.88. The first-order valence-corrected chi connectivity index (χ1v) is 12.7. The Morgan fingerprint density at radius 2 is 1.89 bits per heavy atom. The van der Waals surface area contributed by atoms with Gasteiger partial charge in [-0.25, -0.2) is 14.4 Å². The van der Waals surface area contributed by atoms with Crippen molar-refractivity contribution < 1.29 is 38.1 Å². The summed E-state index contributed by atoms with van der Waals surface area (Å²) in [5.41, 5.74) is 1.19. The molecule has 0 spiro atoms. The number of benzene rings is 1. The van der Waals surface area contributed by atoms with Crippen molar-refractivity contribution in [3.05, 3.63) is 41.5 Å². The molecule has 0 aromatic heterocycles. The largest absolute Gasteiger partial charge is 0.489 e. The van der Waals surface area contributed by atoms with Crippen LogP contribution in [0.4, 0.5) is 9.59 Å². The fourth-order valence-corrected chi connectivity index (χ4v) is 4.88. The molecule has 0 radical (unpaired) electrons. The number of hydrogen-bond donors (Lipinski definition) is 1. The fourth-order valence-electron chi connectivity index (χ4n) is 4.88. The van der Waals surface area contributed by atoms with Crippen molar-refractivity contribution in [3.63, 3.8) is 0 Å². The van der Waals surface area contributed by atoms with E-state index in [1.807, 2.05) is 30.4 Å². The monoisotopic (exact) mass is 529 g/mol. The van der Waals surface area contributed by atoms with Crippen molar-refractivity contribution in [2.24, 2.45) is 5.41 Å². The number of carbonyl (C=O) groups is 4. The molecule has 4 rings (SSSR count). The number of methoxy groups -OCH3 is 1. The van der Waals surface area contributed by atoms with Crippen LogP contribution in [0.25, 0.3) is 0 Å². The molecule has 11 heteroatoms. The minimum absolute atomic E-state index is 0.00636. The summed E-state index contributed by atoms with van der Waals surface area (Å²) in [5, 5.41) is 2.66. The van der Waals surface area contributed by atoms with Crippen LogP contribution in [0.5, 0.6) is 5.75 Å². The molecule has 3 heterocycles. The van der Waals surface area contributed by atoms with Gasteiger partial charge in [0.05, 0.1) is 26.8 Å². The molecule has 3 aliphatic heterocycles. The Kier molecular flexibility index (Phi) is 8.13. The third-order valence-corrected chi connectivity index (χ3v) is 6.88. The molecule has 0 saturated carbocycles. The number of fused-ring (bicyclic) bond motifs is 3. The van der Waals surface area contributed by atoms with Crippen LogP contribution in [0.1, 0.15) is 44.7 Å². The first-order chi connectivity index (χ1) is 18.1. The highest BCUT2D eigenvalue weighted by Crippen LogP contribution is 2.33. The van der Waals surface area contributed by atoms with Gasteiger partial charge in [-0.2, -0.15) is 0 Å². The van der Waals surface area contributed by atoms with Crippen molar-refractivity contribution >= 4 is 24.1 Å². The molecule has 3 atom stereocenters. The maximum Gasteiger partial charge on any atom is 0.410 e. The Morgan fingerprint density at radius 3 is 2.63 bits per heavy atom. The average Bonchev–Trinajstić information content (AvgIpc) is 3.49. The normalized spacial score (nSPS) is 25.6. The minimum atomic E-state index is -0.988. The average molecular weight is 530 g/mol. The number of alkyl carbamates (subject to hydrolysis) is 1. The first kappa shape index (κ1) is 27.3. The lowest BCUT2D eigenvalue weighted by atomic mass is 9.85. The van der Waals surface area contributed by atoms with Gasteiger partial charge in [-0.15, -0.1) is 0 Å². The van der Waals surface area contributed by atoms with E-state index in [9.17, 15) is 19.2 Å². The zero-order chi connectivity index (χ0) is 27.4. The highest BCUT2D eigenvalue weighted by Gasteiger charge is 2.47. The molecule has 4 bridgehead atoms. The number of hydrogen-bond acceptors (Lipinski definition) is 8. The number of rotatable bonds is 1. The Balaban J connectivity index is 1.60. The molecular weight excluding hydrogens is 494 g/mol. The lowest BCUT2D eigenvalue weighted by molar-refractivity contribution is -0.152. The molecule has 0 aliphatic carbocycles. The molecule has 1 aromatic rings. The van der Waals surface area contributed by atoms with Gasteiger partial charge in [0.25, 0.3) is 0 Å². The Labute approximate surface area is 222 Å². The van der Waals surface area contributed by atoms with Gasteiger partial charge < -0.3 is 29.2 Å². The second-order valence-corrected chi connectivity index (χ2v) is 10.7. The predicted molar refractivity (Wildman–Crippen MR) is 135 cm³/mol. The maximum atomic E-state index is 13.7. The van der Waals surface area contributed by atoms with Crippen LogP contribution in [0, 0.1) is 5.41 Å². The predicted octanol–water partition coefficient (Wildman–Crippen LogP) is 2.76. The number of amides is 3. The molecule has 1 saturated heterocycles. The Bertz CT molecular complexity index is 1110. The summed E-state index contributed by atoms with van der Waals surface area (Å²) in [4.78, 5) is 54.8. The highest BCUT2D eigenvalue weighted by atomic mass is 16.6. The van der Waals surface area contributed by atoms with E-state index in [0.29, 0.717) is 31.9 Å². The van der Waals surface area contributed by atoms with Gasteiger partial charge in [-0.1, -0.05) is 45.1 Å². The van der Waals surface area contributed by atoms with Gasteiger partial charge in [0.15, 0.2) is 0 Å². The van der Waals surface area contributed by atoms with Crippen LogP contribution >= 0.6 is 0 Å². The lowest BCUT2D eigenvalue weighted by Gasteiger charge is -2.34. The van der Waals surface area contributed by atoms with E-state index in [2.05, 4.69) is 5.32 Å². The van der Waals surface area contributed by atoms with E-state index in [-0.39, 0.29) is 19.6 Å². The van der Waals surface area contributed by atoms with Crippen molar-refractivity contribution in [2.45, 2.75) is 64.9 Å². The number of nitrogens with one attached hydrogen (secondary N) is 1. The van der Waals surface area contributed by atoms with E-state index >= 15 is 0 Å². The van der Waals surface area contributed by atoms with Crippen LogP contribution in [-0.4, -0.2) is 78.9 Å². The van der Waals surface area contributed by atoms with Gasteiger partial charge in [0, 0.05) is 18.5 Å². The van der Waals surface area contributed by atoms with Crippen molar-refractivity contribution in [2.75, 3.05) is 26.9 Å². The molecule has 3 aliphatic rings. The fraction of sp³-hybridized carbons (Fsp3) is 0.556. The second-order valence-electron chi connectivity index (χ2n) is 10.7. The highest BCUT2D eigenvalue weighted by molar-refractivity contribution is 5.91. The second kappa shape index (κ2) is 11.3. The van der Waals surface area contributed by atoms with Crippen molar-refractivity contribution in [3.8, 4) is 5.75 Å². The SMILES string of the molecule is COC(=O)C1C[C@@H]2CN1C(=O)[C@H](C(C)(C)C)NC(=O)OCC/C=C/COc1cccc3c1CN(C3)C(=O)O2. The molecule has 1 unspecified atom stereocenters. The molecule has 3 amide bonds. The van der Waals surface area contributed by atoms with E-state index in [1.165, 1.54) is 12.0 Å². The van der Waals surface area contributed by atoms with Crippen LogP contribution in [-0.2, 0) is 36.9 Å².